The number of rotatable bonds is 6. The van der Waals surface area contributed by atoms with Gasteiger partial charge in [0.15, 0.2) is 0 Å². The molecule has 0 bridgehead atoms. The molecule has 0 heterocycles. The Morgan fingerprint density at radius 2 is 2.08 bits per heavy atom. The molecule has 1 aliphatic carbocycles. The Morgan fingerprint density at radius 3 is 2.54 bits per heavy atom. The van der Waals surface area contributed by atoms with Crippen LogP contribution in [0.4, 0.5) is 0 Å². The molecule has 13 heavy (non-hydrogen) atoms. The van der Waals surface area contributed by atoms with Gasteiger partial charge >= 0.3 is 0 Å². The molecule has 0 saturated heterocycles. The van der Waals surface area contributed by atoms with Gasteiger partial charge < -0.3 is 10.5 Å². The summed E-state index contributed by atoms with van der Waals surface area (Å²) < 4.78 is 5.54. The minimum absolute atomic E-state index is 0.210. The van der Waals surface area contributed by atoms with Crippen LogP contribution < -0.4 is 5.73 Å². The van der Waals surface area contributed by atoms with Crippen LogP contribution in [-0.4, -0.2) is 19.3 Å². The third-order valence-electron chi connectivity index (χ3n) is 3.06. The molecule has 1 rings (SSSR count). The van der Waals surface area contributed by atoms with Crippen molar-refractivity contribution in [3.8, 4) is 0 Å². The smallest absolute Gasteiger partial charge is 0.0619 e. The lowest BCUT2D eigenvalue weighted by Gasteiger charge is -2.25. The van der Waals surface area contributed by atoms with Gasteiger partial charge in [0.25, 0.3) is 0 Å². The maximum atomic E-state index is 5.85. The van der Waals surface area contributed by atoms with E-state index in [1.807, 2.05) is 0 Å². The number of hydrogen-bond donors (Lipinski definition) is 1. The average molecular weight is 185 g/mol. The van der Waals surface area contributed by atoms with Crippen molar-refractivity contribution in [3.05, 3.63) is 0 Å². The summed E-state index contributed by atoms with van der Waals surface area (Å²) in [5.74, 6) is 1.49. The predicted octanol–water partition coefficient (Wildman–Crippen LogP) is 2.18. The Balaban J connectivity index is 1.88. The molecule has 0 aromatic heterocycles. The van der Waals surface area contributed by atoms with Crippen LogP contribution in [0.2, 0.25) is 0 Å². The van der Waals surface area contributed by atoms with E-state index in [0.29, 0.717) is 5.92 Å². The van der Waals surface area contributed by atoms with Gasteiger partial charge in [0.1, 0.15) is 0 Å². The molecule has 0 amide bonds. The third kappa shape index (κ3) is 4.10. The molecule has 0 aromatic rings. The van der Waals surface area contributed by atoms with Gasteiger partial charge in [-0.3, -0.25) is 0 Å². The van der Waals surface area contributed by atoms with Crippen molar-refractivity contribution in [2.45, 2.75) is 45.6 Å². The summed E-state index contributed by atoms with van der Waals surface area (Å²) in [7, 11) is 0. The lowest BCUT2D eigenvalue weighted by Crippen LogP contribution is -2.32. The monoisotopic (exact) mass is 185 g/mol. The van der Waals surface area contributed by atoms with Crippen LogP contribution in [-0.2, 0) is 4.74 Å². The van der Waals surface area contributed by atoms with E-state index in [-0.39, 0.29) is 6.04 Å². The molecule has 1 saturated carbocycles. The first-order valence-electron chi connectivity index (χ1n) is 5.53. The molecule has 1 unspecified atom stereocenters. The molecule has 2 N–H and O–H groups in total. The first-order chi connectivity index (χ1) is 6.20. The second kappa shape index (κ2) is 5.61. The molecule has 0 aromatic carbocycles. The second-order valence-electron chi connectivity index (χ2n) is 4.57. The summed E-state index contributed by atoms with van der Waals surface area (Å²) in [6.45, 7) is 5.91. The average Bonchev–Trinajstić information content (AvgIpc) is 2.00. The zero-order valence-electron chi connectivity index (χ0n) is 8.96. The lowest BCUT2D eigenvalue weighted by atomic mass is 9.83. The normalized spacial score (nSPS) is 20.3. The zero-order chi connectivity index (χ0) is 9.68. The van der Waals surface area contributed by atoms with Crippen LogP contribution in [0.1, 0.15) is 39.5 Å². The SMILES string of the molecule is CC(C)C(N)COCCC1CCC1. The number of hydrogen-bond acceptors (Lipinski definition) is 2. The first kappa shape index (κ1) is 11.0. The van der Waals surface area contributed by atoms with Crippen molar-refractivity contribution in [2.75, 3.05) is 13.2 Å². The minimum Gasteiger partial charge on any atom is -0.380 e. The van der Waals surface area contributed by atoms with Crippen molar-refractivity contribution in [1.29, 1.82) is 0 Å². The van der Waals surface area contributed by atoms with Crippen molar-refractivity contribution in [1.82, 2.24) is 0 Å². The highest BCUT2D eigenvalue weighted by Gasteiger charge is 2.16. The Hall–Kier alpha value is -0.0800. The van der Waals surface area contributed by atoms with Crippen LogP contribution in [0.25, 0.3) is 0 Å². The maximum absolute atomic E-state index is 5.85. The molecule has 78 valence electrons. The van der Waals surface area contributed by atoms with Crippen LogP contribution >= 0.6 is 0 Å². The van der Waals surface area contributed by atoms with Gasteiger partial charge in [0.2, 0.25) is 0 Å². The Bertz CT molecular complexity index is 132. The van der Waals surface area contributed by atoms with Gasteiger partial charge in [-0.1, -0.05) is 33.1 Å². The Kier molecular flexibility index (Phi) is 4.74. The molecule has 2 heteroatoms. The van der Waals surface area contributed by atoms with E-state index in [1.54, 1.807) is 0 Å². The molecular weight excluding hydrogens is 162 g/mol. The topological polar surface area (TPSA) is 35.2 Å². The number of nitrogens with two attached hydrogens (primary N) is 1. The molecule has 0 radical (unpaired) electrons. The summed E-state index contributed by atoms with van der Waals surface area (Å²) in [5, 5.41) is 0. The second-order valence-corrected chi connectivity index (χ2v) is 4.57. The highest BCUT2D eigenvalue weighted by molar-refractivity contribution is 4.69. The van der Waals surface area contributed by atoms with Gasteiger partial charge in [0, 0.05) is 12.6 Å². The lowest BCUT2D eigenvalue weighted by molar-refractivity contribution is 0.0878. The summed E-state index contributed by atoms with van der Waals surface area (Å²) >= 11 is 0. The fraction of sp³-hybridized carbons (Fsp3) is 1.00. The van der Waals surface area contributed by atoms with E-state index in [9.17, 15) is 0 Å². The maximum Gasteiger partial charge on any atom is 0.0619 e. The minimum atomic E-state index is 0.210. The summed E-state index contributed by atoms with van der Waals surface area (Å²) in [6, 6.07) is 0.210. The van der Waals surface area contributed by atoms with E-state index < -0.39 is 0 Å². The van der Waals surface area contributed by atoms with E-state index in [2.05, 4.69) is 13.8 Å². The van der Waals surface area contributed by atoms with Gasteiger partial charge in [-0.2, -0.15) is 0 Å². The van der Waals surface area contributed by atoms with Crippen LogP contribution in [0, 0.1) is 11.8 Å². The largest absolute Gasteiger partial charge is 0.380 e. The fourth-order valence-electron chi connectivity index (χ4n) is 1.44. The Labute approximate surface area is 81.8 Å². The molecule has 0 spiro atoms. The van der Waals surface area contributed by atoms with Crippen molar-refractivity contribution in [3.63, 3.8) is 0 Å². The van der Waals surface area contributed by atoms with Gasteiger partial charge in [-0.05, 0) is 18.3 Å². The summed E-state index contributed by atoms with van der Waals surface area (Å²) in [4.78, 5) is 0. The van der Waals surface area contributed by atoms with Crippen LogP contribution in [0.5, 0.6) is 0 Å². The van der Waals surface area contributed by atoms with Crippen molar-refractivity contribution >= 4 is 0 Å². The summed E-state index contributed by atoms with van der Waals surface area (Å²) in [6.07, 6.45) is 5.50. The molecule has 1 atom stereocenters. The highest BCUT2D eigenvalue weighted by Crippen LogP contribution is 2.29. The first-order valence-corrected chi connectivity index (χ1v) is 5.53. The molecule has 2 nitrogen and oxygen atoms in total. The molecular formula is C11H23NO. The quantitative estimate of drug-likeness (QED) is 0.644. The standard InChI is InChI=1S/C11H23NO/c1-9(2)11(12)8-13-7-6-10-4-3-5-10/h9-11H,3-8,12H2,1-2H3. The summed E-state index contributed by atoms with van der Waals surface area (Å²) in [5.41, 5.74) is 5.85. The molecule has 1 aliphatic rings. The van der Waals surface area contributed by atoms with Crippen LogP contribution in [0.3, 0.4) is 0 Å². The van der Waals surface area contributed by atoms with Crippen LogP contribution in [0.15, 0.2) is 0 Å². The van der Waals surface area contributed by atoms with E-state index in [1.165, 1.54) is 25.7 Å². The molecule has 1 fully saturated rings. The van der Waals surface area contributed by atoms with Crippen molar-refractivity contribution in [2.24, 2.45) is 17.6 Å². The third-order valence-corrected chi connectivity index (χ3v) is 3.06. The van der Waals surface area contributed by atoms with Gasteiger partial charge in [0.05, 0.1) is 6.61 Å². The van der Waals surface area contributed by atoms with Gasteiger partial charge in [-0.25, -0.2) is 0 Å². The molecule has 0 aliphatic heterocycles. The van der Waals surface area contributed by atoms with Crippen molar-refractivity contribution < 1.29 is 4.74 Å². The van der Waals surface area contributed by atoms with E-state index in [0.717, 1.165) is 19.1 Å². The number of ether oxygens (including phenoxy) is 1. The predicted molar refractivity (Wildman–Crippen MR) is 55.6 cm³/mol. The zero-order valence-corrected chi connectivity index (χ0v) is 8.96. The van der Waals surface area contributed by atoms with E-state index in [4.69, 9.17) is 10.5 Å². The fourth-order valence-corrected chi connectivity index (χ4v) is 1.44. The highest BCUT2D eigenvalue weighted by atomic mass is 16.5. The van der Waals surface area contributed by atoms with E-state index >= 15 is 0 Å². The van der Waals surface area contributed by atoms with Gasteiger partial charge in [-0.15, -0.1) is 0 Å². The Morgan fingerprint density at radius 1 is 1.38 bits per heavy atom.